The third-order valence-corrected chi connectivity index (χ3v) is 4.15. The third-order valence-electron chi connectivity index (χ3n) is 3.84. The molecule has 0 saturated heterocycles. The van der Waals surface area contributed by atoms with Gasteiger partial charge in [-0.3, -0.25) is 0 Å². The van der Waals surface area contributed by atoms with E-state index in [1.54, 1.807) is 18.2 Å². The maximum Gasteiger partial charge on any atom is 0.391 e. The van der Waals surface area contributed by atoms with Crippen LogP contribution in [0.25, 0.3) is 0 Å². The molecule has 1 aromatic rings. The molecule has 2 N–H and O–H groups in total. The highest BCUT2D eigenvalue weighted by Crippen LogP contribution is 2.37. The van der Waals surface area contributed by atoms with E-state index in [1.807, 2.05) is 0 Å². The topological polar surface area (TPSA) is 32.3 Å². The van der Waals surface area contributed by atoms with Gasteiger partial charge in [-0.05, 0) is 31.7 Å². The van der Waals surface area contributed by atoms with Crippen molar-refractivity contribution in [3.8, 4) is 5.75 Å². The Morgan fingerprint density at radius 2 is 1.85 bits per heavy atom. The average Bonchev–Trinajstić information content (AvgIpc) is 2.40. The van der Waals surface area contributed by atoms with E-state index in [2.05, 4.69) is 5.32 Å². The van der Waals surface area contributed by atoms with Gasteiger partial charge in [-0.1, -0.05) is 23.7 Å². The molecule has 0 unspecified atom stereocenters. The summed E-state index contributed by atoms with van der Waals surface area (Å²) in [5.41, 5.74) is 0.662. The molecule has 0 aliphatic heterocycles. The molecule has 2 nitrogen and oxygen atoms in total. The summed E-state index contributed by atoms with van der Waals surface area (Å²) in [5.74, 6) is -1.13. The first-order valence-electron chi connectivity index (χ1n) is 6.64. The van der Waals surface area contributed by atoms with Gasteiger partial charge in [0, 0.05) is 18.2 Å². The second kappa shape index (κ2) is 6.22. The predicted molar refractivity (Wildman–Crippen MR) is 71.8 cm³/mol. The lowest BCUT2D eigenvalue weighted by Gasteiger charge is -2.30. The molecule has 0 bridgehead atoms. The fourth-order valence-electron chi connectivity index (χ4n) is 2.58. The number of nitrogens with one attached hydrogen (secondary N) is 1. The molecule has 0 spiro atoms. The number of alkyl halides is 3. The van der Waals surface area contributed by atoms with E-state index in [1.165, 1.54) is 0 Å². The Labute approximate surface area is 120 Å². The molecule has 0 atom stereocenters. The van der Waals surface area contributed by atoms with Gasteiger partial charge in [-0.25, -0.2) is 0 Å². The summed E-state index contributed by atoms with van der Waals surface area (Å²) in [5, 5.41) is 13.2. The van der Waals surface area contributed by atoms with E-state index in [9.17, 15) is 18.3 Å². The zero-order valence-electron chi connectivity index (χ0n) is 10.9. The number of aromatic hydroxyl groups is 1. The molecule has 1 fully saturated rings. The van der Waals surface area contributed by atoms with Crippen LogP contribution in [0.15, 0.2) is 18.2 Å². The van der Waals surface area contributed by atoms with Gasteiger partial charge in [-0.2, -0.15) is 13.2 Å². The van der Waals surface area contributed by atoms with E-state index in [0.717, 1.165) is 0 Å². The van der Waals surface area contributed by atoms with E-state index in [0.29, 0.717) is 24.9 Å². The average molecular weight is 308 g/mol. The second-order valence-corrected chi connectivity index (χ2v) is 5.63. The van der Waals surface area contributed by atoms with Crippen LogP contribution in [0.5, 0.6) is 5.75 Å². The molecule has 2 rings (SSSR count). The monoisotopic (exact) mass is 307 g/mol. The fraction of sp³-hybridized carbons (Fsp3) is 0.571. The van der Waals surface area contributed by atoms with Crippen LogP contribution in [0.1, 0.15) is 31.2 Å². The molecule has 0 amide bonds. The summed E-state index contributed by atoms with van der Waals surface area (Å²) in [6, 6.07) is 5.14. The molecule has 112 valence electrons. The Hall–Kier alpha value is -0.940. The molecule has 20 heavy (non-hydrogen) atoms. The fourth-order valence-corrected chi connectivity index (χ4v) is 2.78. The van der Waals surface area contributed by atoms with Crippen LogP contribution in [0.4, 0.5) is 13.2 Å². The van der Waals surface area contributed by atoms with Gasteiger partial charge >= 0.3 is 6.18 Å². The maximum absolute atomic E-state index is 12.5. The summed E-state index contributed by atoms with van der Waals surface area (Å²) >= 11 is 5.80. The lowest BCUT2D eigenvalue weighted by molar-refractivity contribution is -0.182. The number of phenols is 1. The second-order valence-electron chi connectivity index (χ2n) is 5.22. The summed E-state index contributed by atoms with van der Waals surface area (Å²) < 4.78 is 37.6. The summed E-state index contributed by atoms with van der Waals surface area (Å²) in [6.45, 7) is 0.410. The van der Waals surface area contributed by atoms with E-state index >= 15 is 0 Å². The number of phenolic OH excluding ortho intramolecular Hbond substituents is 1. The van der Waals surface area contributed by atoms with Crippen LogP contribution in [-0.2, 0) is 6.54 Å². The molecule has 0 radical (unpaired) electrons. The molecule has 6 heteroatoms. The zero-order chi connectivity index (χ0) is 14.8. The minimum absolute atomic E-state index is 0.0330. The standard InChI is InChI=1S/C14H17ClF3NO/c15-12-3-1-2-9(13(12)20)8-19-11-6-4-10(5-7-11)14(16,17)18/h1-3,10-11,19-20H,4-8H2. The largest absolute Gasteiger partial charge is 0.506 e. The Morgan fingerprint density at radius 1 is 1.20 bits per heavy atom. The van der Waals surface area contributed by atoms with E-state index in [4.69, 9.17) is 11.6 Å². The van der Waals surface area contributed by atoms with Crippen molar-refractivity contribution in [3.63, 3.8) is 0 Å². The van der Waals surface area contributed by atoms with Crippen LogP contribution in [0, 0.1) is 5.92 Å². The molecule has 1 aliphatic carbocycles. The lowest BCUT2D eigenvalue weighted by Crippen LogP contribution is -2.36. The normalized spacial score (nSPS) is 23.8. The lowest BCUT2D eigenvalue weighted by atomic mass is 9.85. The summed E-state index contributed by atoms with van der Waals surface area (Å²) in [4.78, 5) is 0. The van der Waals surface area contributed by atoms with E-state index < -0.39 is 12.1 Å². The molecule has 1 saturated carbocycles. The molecule has 1 aliphatic rings. The van der Waals surface area contributed by atoms with Gasteiger partial charge in [0.1, 0.15) is 5.75 Å². The quantitative estimate of drug-likeness (QED) is 0.874. The van der Waals surface area contributed by atoms with Crippen molar-refractivity contribution >= 4 is 11.6 Å². The van der Waals surface area contributed by atoms with Crippen LogP contribution in [0.2, 0.25) is 5.02 Å². The first-order valence-corrected chi connectivity index (χ1v) is 7.02. The van der Waals surface area contributed by atoms with Crippen LogP contribution >= 0.6 is 11.6 Å². The van der Waals surface area contributed by atoms with Crippen molar-refractivity contribution in [1.29, 1.82) is 0 Å². The summed E-state index contributed by atoms with van der Waals surface area (Å²) in [6.07, 6.45) is -2.72. The summed E-state index contributed by atoms with van der Waals surface area (Å²) in [7, 11) is 0. The van der Waals surface area contributed by atoms with Crippen LogP contribution in [0.3, 0.4) is 0 Å². The maximum atomic E-state index is 12.5. The van der Waals surface area contributed by atoms with Gasteiger partial charge in [-0.15, -0.1) is 0 Å². The minimum Gasteiger partial charge on any atom is -0.506 e. The van der Waals surface area contributed by atoms with Crippen molar-refractivity contribution in [1.82, 2.24) is 5.32 Å². The number of hydrogen-bond donors (Lipinski definition) is 2. The number of para-hydroxylation sites is 1. The number of halogens is 4. The number of hydrogen-bond acceptors (Lipinski definition) is 2. The van der Waals surface area contributed by atoms with Crippen molar-refractivity contribution in [3.05, 3.63) is 28.8 Å². The minimum atomic E-state index is -4.07. The zero-order valence-corrected chi connectivity index (χ0v) is 11.6. The Kier molecular flexibility index (Phi) is 4.81. The van der Waals surface area contributed by atoms with E-state index in [-0.39, 0.29) is 29.7 Å². The third kappa shape index (κ3) is 3.79. The Balaban J connectivity index is 1.83. The molecule has 1 aromatic carbocycles. The van der Waals surface area contributed by atoms with Gasteiger partial charge in [0.05, 0.1) is 10.9 Å². The smallest absolute Gasteiger partial charge is 0.391 e. The molecule has 0 heterocycles. The van der Waals surface area contributed by atoms with Gasteiger partial charge in [0.15, 0.2) is 0 Å². The molecular weight excluding hydrogens is 291 g/mol. The molecule has 0 aromatic heterocycles. The highest BCUT2D eigenvalue weighted by atomic mass is 35.5. The SMILES string of the molecule is Oc1c(Cl)cccc1CNC1CCC(C(F)(F)F)CC1. The van der Waals surface area contributed by atoms with Crippen molar-refractivity contribution in [2.24, 2.45) is 5.92 Å². The highest BCUT2D eigenvalue weighted by molar-refractivity contribution is 6.32. The predicted octanol–water partition coefficient (Wildman–Crippen LogP) is 4.26. The first-order chi connectivity index (χ1) is 9.38. The Bertz CT molecular complexity index is 456. The highest BCUT2D eigenvalue weighted by Gasteiger charge is 2.41. The van der Waals surface area contributed by atoms with Crippen molar-refractivity contribution in [2.45, 2.75) is 44.4 Å². The van der Waals surface area contributed by atoms with Gasteiger partial charge in [0.2, 0.25) is 0 Å². The number of rotatable bonds is 3. The van der Waals surface area contributed by atoms with Gasteiger partial charge < -0.3 is 10.4 Å². The van der Waals surface area contributed by atoms with Crippen LogP contribution < -0.4 is 5.32 Å². The molecular formula is C14H17ClF3NO. The van der Waals surface area contributed by atoms with Crippen molar-refractivity contribution < 1.29 is 18.3 Å². The van der Waals surface area contributed by atoms with Gasteiger partial charge in [0.25, 0.3) is 0 Å². The Morgan fingerprint density at radius 3 is 2.45 bits per heavy atom. The van der Waals surface area contributed by atoms with Crippen LogP contribution in [-0.4, -0.2) is 17.3 Å². The van der Waals surface area contributed by atoms with Crippen molar-refractivity contribution in [2.75, 3.05) is 0 Å². The first kappa shape index (κ1) is 15.4. The number of benzene rings is 1.